The van der Waals surface area contributed by atoms with Crippen molar-refractivity contribution in [1.82, 2.24) is 0 Å². The van der Waals surface area contributed by atoms with Gasteiger partial charge >= 0.3 is 5.97 Å². The molecule has 2 rings (SSSR count). The minimum absolute atomic E-state index is 0.302. The molecule has 1 aromatic rings. The van der Waals surface area contributed by atoms with Gasteiger partial charge in [-0.25, -0.2) is 4.79 Å². The lowest BCUT2D eigenvalue weighted by atomic mass is 9.84. The SMILES string of the molecule is CCc1ccc(C2(CC)OC2(C)C(=O)OC)cc1. The van der Waals surface area contributed by atoms with Crippen LogP contribution in [0.15, 0.2) is 24.3 Å². The van der Waals surface area contributed by atoms with Crippen LogP contribution in [0.2, 0.25) is 0 Å². The molecule has 1 aromatic carbocycles. The summed E-state index contributed by atoms with van der Waals surface area (Å²) in [6, 6.07) is 8.28. The Morgan fingerprint density at radius 2 is 1.89 bits per heavy atom. The Hall–Kier alpha value is -1.35. The molecule has 1 aliphatic rings. The summed E-state index contributed by atoms with van der Waals surface area (Å²) in [6.07, 6.45) is 1.76. The summed E-state index contributed by atoms with van der Waals surface area (Å²) in [4.78, 5) is 11.8. The molecule has 3 heteroatoms. The molecule has 2 unspecified atom stereocenters. The van der Waals surface area contributed by atoms with E-state index >= 15 is 0 Å². The molecule has 1 heterocycles. The van der Waals surface area contributed by atoms with E-state index < -0.39 is 11.2 Å². The van der Waals surface area contributed by atoms with Gasteiger partial charge < -0.3 is 9.47 Å². The average Bonchev–Trinajstić information content (AvgIpc) is 3.06. The van der Waals surface area contributed by atoms with E-state index in [0.717, 1.165) is 18.4 Å². The van der Waals surface area contributed by atoms with Gasteiger partial charge in [0.05, 0.1) is 7.11 Å². The molecule has 0 N–H and O–H groups in total. The quantitative estimate of drug-likeness (QED) is 0.607. The molecule has 0 spiro atoms. The number of aryl methyl sites for hydroxylation is 1. The first-order valence-corrected chi connectivity index (χ1v) is 6.42. The molecule has 0 amide bonds. The highest BCUT2D eigenvalue weighted by molar-refractivity contribution is 5.84. The van der Waals surface area contributed by atoms with E-state index in [1.54, 1.807) is 6.92 Å². The molecule has 1 fully saturated rings. The van der Waals surface area contributed by atoms with Crippen molar-refractivity contribution >= 4 is 5.97 Å². The van der Waals surface area contributed by atoms with Crippen molar-refractivity contribution in [2.45, 2.75) is 44.8 Å². The van der Waals surface area contributed by atoms with Gasteiger partial charge in [-0.1, -0.05) is 38.1 Å². The Labute approximate surface area is 108 Å². The fourth-order valence-corrected chi connectivity index (χ4v) is 2.68. The van der Waals surface area contributed by atoms with Gasteiger partial charge in [-0.15, -0.1) is 0 Å². The van der Waals surface area contributed by atoms with E-state index in [0.29, 0.717) is 0 Å². The second-order valence-electron chi connectivity index (χ2n) is 4.86. The Kier molecular flexibility index (Phi) is 3.20. The lowest BCUT2D eigenvalue weighted by Crippen LogP contribution is -2.30. The van der Waals surface area contributed by atoms with Crippen LogP contribution in [-0.2, 0) is 26.3 Å². The smallest absolute Gasteiger partial charge is 0.341 e. The highest BCUT2D eigenvalue weighted by atomic mass is 16.7. The number of ether oxygens (including phenoxy) is 2. The zero-order valence-corrected chi connectivity index (χ0v) is 11.4. The average molecular weight is 248 g/mol. The summed E-state index contributed by atoms with van der Waals surface area (Å²) >= 11 is 0. The fourth-order valence-electron chi connectivity index (χ4n) is 2.68. The van der Waals surface area contributed by atoms with Gasteiger partial charge in [0.1, 0.15) is 5.60 Å². The van der Waals surface area contributed by atoms with Crippen molar-refractivity contribution in [2.24, 2.45) is 0 Å². The monoisotopic (exact) mass is 248 g/mol. The third kappa shape index (κ3) is 1.65. The van der Waals surface area contributed by atoms with Gasteiger partial charge in [0.2, 0.25) is 0 Å². The van der Waals surface area contributed by atoms with Gasteiger partial charge in [-0.2, -0.15) is 0 Å². The molecule has 98 valence electrons. The van der Waals surface area contributed by atoms with Gasteiger partial charge in [0.25, 0.3) is 0 Å². The third-order valence-corrected chi connectivity index (χ3v) is 4.01. The number of esters is 1. The Morgan fingerprint density at radius 3 is 2.33 bits per heavy atom. The molecule has 0 radical (unpaired) electrons. The van der Waals surface area contributed by atoms with E-state index in [9.17, 15) is 4.79 Å². The summed E-state index contributed by atoms with van der Waals surface area (Å²) < 4.78 is 10.6. The fraction of sp³-hybridized carbons (Fsp3) is 0.533. The lowest BCUT2D eigenvalue weighted by molar-refractivity contribution is -0.146. The van der Waals surface area contributed by atoms with Gasteiger partial charge in [-0.05, 0) is 30.9 Å². The van der Waals surface area contributed by atoms with Crippen LogP contribution in [-0.4, -0.2) is 18.7 Å². The number of epoxide rings is 1. The molecule has 0 saturated carbocycles. The van der Waals surface area contributed by atoms with Crippen LogP contribution in [0, 0.1) is 0 Å². The van der Waals surface area contributed by atoms with Crippen LogP contribution in [0.4, 0.5) is 0 Å². The van der Waals surface area contributed by atoms with Crippen LogP contribution in [0.25, 0.3) is 0 Å². The van der Waals surface area contributed by atoms with Crippen molar-refractivity contribution in [3.8, 4) is 0 Å². The van der Waals surface area contributed by atoms with Crippen molar-refractivity contribution in [2.75, 3.05) is 7.11 Å². The number of carbonyl (C=O) groups is 1. The van der Waals surface area contributed by atoms with Gasteiger partial charge in [0, 0.05) is 0 Å². The van der Waals surface area contributed by atoms with E-state index in [1.165, 1.54) is 12.7 Å². The number of hydrogen-bond acceptors (Lipinski definition) is 3. The molecule has 18 heavy (non-hydrogen) atoms. The number of hydrogen-bond donors (Lipinski definition) is 0. The van der Waals surface area contributed by atoms with Crippen LogP contribution < -0.4 is 0 Å². The topological polar surface area (TPSA) is 38.8 Å². The third-order valence-electron chi connectivity index (χ3n) is 4.01. The maximum Gasteiger partial charge on any atom is 0.341 e. The summed E-state index contributed by atoms with van der Waals surface area (Å²) in [6.45, 7) is 5.95. The number of methoxy groups -OCH3 is 1. The van der Waals surface area contributed by atoms with E-state index in [1.807, 2.05) is 6.92 Å². The minimum Gasteiger partial charge on any atom is -0.467 e. The zero-order valence-electron chi connectivity index (χ0n) is 11.4. The number of rotatable bonds is 4. The second-order valence-corrected chi connectivity index (χ2v) is 4.86. The predicted octanol–water partition coefficient (Wildman–Crippen LogP) is 2.82. The zero-order chi connectivity index (χ0) is 13.4. The van der Waals surface area contributed by atoms with Gasteiger partial charge in [0.15, 0.2) is 5.60 Å². The molecule has 3 nitrogen and oxygen atoms in total. The highest BCUT2D eigenvalue weighted by Gasteiger charge is 2.72. The molecule has 0 aromatic heterocycles. The maximum absolute atomic E-state index is 11.8. The van der Waals surface area contributed by atoms with Crippen molar-refractivity contribution in [3.05, 3.63) is 35.4 Å². The predicted molar refractivity (Wildman–Crippen MR) is 69.3 cm³/mol. The number of benzene rings is 1. The van der Waals surface area contributed by atoms with E-state index in [2.05, 4.69) is 31.2 Å². The van der Waals surface area contributed by atoms with Crippen LogP contribution in [0.5, 0.6) is 0 Å². The first-order valence-electron chi connectivity index (χ1n) is 6.42. The number of carbonyl (C=O) groups excluding carboxylic acids is 1. The largest absolute Gasteiger partial charge is 0.467 e. The molecular formula is C15H20O3. The van der Waals surface area contributed by atoms with Gasteiger partial charge in [-0.3, -0.25) is 0 Å². The molecule has 0 bridgehead atoms. The Balaban J connectivity index is 2.33. The van der Waals surface area contributed by atoms with Crippen molar-refractivity contribution in [3.63, 3.8) is 0 Å². The summed E-state index contributed by atoms with van der Waals surface area (Å²) in [7, 11) is 1.40. The second kappa shape index (κ2) is 4.39. The van der Waals surface area contributed by atoms with Crippen LogP contribution in [0.1, 0.15) is 38.3 Å². The lowest BCUT2D eigenvalue weighted by Gasteiger charge is -2.14. The van der Waals surface area contributed by atoms with Crippen LogP contribution in [0.3, 0.4) is 0 Å². The van der Waals surface area contributed by atoms with Crippen molar-refractivity contribution in [1.29, 1.82) is 0 Å². The maximum atomic E-state index is 11.8. The van der Waals surface area contributed by atoms with Crippen molar-refractivity contribution < 1.29 is 14.3 Å². The van der Waals surface area contributed by atoms with E-state index in [-0.39, 0.29) is 5.97 Å². The summed E-state index contributed by atoms with van der Waals surface area (Å²) in [5, 5.41) is 0. The first kappa shape index (κ1) is 13.1. The summed E-state index contributed by atoms with van der Waals surface area (Å²) in [5.41, 5.74) is 0.969. The highest BCUT2D eigenvalue weighted by Crippen LogP contribution is 2.58. The first-order chi connectivity index (χ1) is 8.54. The van der Waals surface area contributed by atoms with E-state index in [4.69, 9.17) is 9.47 Å². The van der Waals surface area contributed by atoms with Crippen LogP contribution >= 0.6 is 0 Å². The normalized spacial score (nSPS) is 30.0. The molecular weight excluding hydrogens is 228 g/mol. The molecule has 2 atom stereocenters. The standard InChI is InChI=1S/C15H20O3/c1-5-11-7-9-12(10-8-11)15(6-2)14(3,18-15)13(16)17-4/h7-10H,5-6H2,1-4H3. The molecule has 0 aliphatic carbocycles. The minimum atomic E-state index is -0.843. The Bertz CT molecular complexity index is 451. The summed E-state index contributed by atoms with van der Waals surface area (Å²) in [5.74, 6) is -0.302. The Morgan fingerprint density at radius 1 is 1.28 bits per heavy atom. The molecule has 1 aliphatic heterocycles. The molecule has 1 saturated heterocycles.